The Morgan fingerprint density at radius 3 is 2.09 bits per heavy atom. The molecule has 0 amide bonds. The maximum Gasteiger partial charge on any atom is 0.203 e. The van der Waals surface area contributed by atoms with Gasteiger partial charge in [0, 0.05) is 30.5 Å². The zero-order chi connectivity index (χ0) is 17.5. The second kappa shape index (κ2) is 9.48. The van der Waals surface area contributed by atoms with E-state index in [1.165, 1.54) is 0 Å². The van der Waals surface area contributed by atoms with E-state index < -0.39 is 6.04 Å². The zero-order valence-corrected chi connectivity index (χ0v) is 15.8. The van der Waals surface area contributed by atoms with Crippen molar-refractivity contribution < 1.29 is 9.28 Å². The highest BCUT2D eigenvalue weighted by Gasteiger charge is 2.21. The number of alkyl halides is 2. The van der Waals surface area contributed by atoms with E-state index in [0.717, 1.165) is 24.3 Å². The van der Waals surface area contributed by atoms with Crippen LogP contribution in [0.3, 0.4) is 0 Å². The molecule has 0 radical (unpaired) electrons. The molecule has 1 atom stereocenters. The van der Waals surface area contributed by atoms with Gasteiger partial charge in [-0.05, 0) is 24.1 Å². The van der Waals surface area contributed by atoms with E-state index in [4.69, 9.17) is 28.9 Å². The monoisotopic (exact) mass is 360 g/mol. The van der Waals surface area contributed by atoms with Crippen molar-refractivity contribution in [3.63, 3.8) is 0 Å². The van der Waals surface area contributed by atoms with Gasteiger partial charge in [-0.25, -0.2) is 0 Å². The number of hydrogen-bond donors (Lipinski definition) is 1. The van der Waals surface area contributed by atoms with E-state index in [9.17, 15) is 4.79 Å². The summed E-state index contributed by atoms with van der Waals surface area (Å²) in [5, 5.41) is 0. The first kappa shape index (κ1) is 20.2. The second-order valence-corrected chi connectivity index (χ2v) is 7.51. The van der Waals surface area contributed by atoms with Gasteiger partial charge >= 0.3 is 0 Å². The Kier molecular flexibility index (Phi) is 8.34. The van der Waals surface area contributed by atoms with Crippen molar-refractivity contribution in [3.8, 4) is 0 Å². The van der Waals surface area contributed by atoms with E-state index in [1.807, 2.05) is 45.4 Å². The maximum atomic E-state index is 12.1. The number of likely N-dealkylation sites (N-methyl/N-ethyl adjacent to an activating group) is 1. The molecule has 4 nitrogen and oxygen atoms in total. The van der Waals surface area contributed by atoms with Crippen LogP contribution in [0.25, 0.3) is 0 Å². The topological polar surface area (TPSA) is 46.3 Å². The number of Topliss-reactive ketones (excluding diaryl/α,β-unsaturated/α-hetero) is 1. The Balaban J connectivity index is 2.67. The lowest BCUT2D eigenvalue weighted by molar-refractivity contribution is -0.862. The van der Waals surface area contributed by atoms with Gasteiger partial charge in [0.25, 0.3) is 0 Å². The van der Waals surface area contributed by atoms with Gasteiger partial charge in [0.2, 0.25) is 5.78 Å². The molecule has 1 aromatic carbocycles. The molecule has 23 heavy (non-hydrogen) atoms. The Labute approximate surface area is 149 Å². The Morgan fingerprint density at radius 1 is 1.13 bits per heavy atom. The molecular formula is C17H28Cl2N3O+. The van der Waals surface area contributed by atoms with Crippen molar-refractivity contribution in [3.05, 3.63) is 29.8 Å². The van der Waals surface area contributed by atoms with E-state index in [0.29, 0.717) is 29.2 Å². The summed E-state index contributed by atoms with van der Waals surface area (Å²) in [6.07, 6.45) is 0.560. The molecule has 0 aromatic heterocycles. The summed E-state index contributed by atoms with van der Waals surface area (Å²) >= 11 is 11.7. The summed E-state index contributed by atoms with van der Waals surface area (Å²) in [5.74, 6) is 1.21. The van der Waals surface area contributed by atoms with Crippen LogP contribution >= 0.6 is 23.2 Å². The van der Waals surface area contributed by atoms with Gasteiger partial charge in [0.15, 0.2) is 0 Å². The van der Waals surface area contributed by atoms with Crippen LogP contribution in [-0.4, -0.2) is 68.8 Å². The number of anilines is 1. The zero-order valence-electron chi connectivity index (χ0n) is 14.3. The number of halogens is 2. The van der Waals surface area contributed by atoms with E-state index in [2.05, 4.69) is 4.90 Å². The highest BCUT2D eigenvalue weighted by Crippen LogP contribution is 2.16. The van der Waals surface area contributed by atoms with Crippen molar-refractivity contribution in [2.24, 2.45) is 5.73 Å². The van der Waals surface area contributed by atoms with Crippen LogP contribution in [0.15, 0.2) is 24.3 Å². The molecule has 1 unspecified atom stereocenters. The lowest BCUT2D eigenvalue weighted by Gasteiger charge is -2.25. The fraction of sp³-hybridized carbons (Fsp3) is 0.588. The van der Waals surface area contributed by atoms with Gasteiger partial charge in [0.05, 0.1) is 27.2 Å². The van der Waals surface area contributed by atoms with Crippen molar-refractivity contribution >= 4 is 34.7 Å². The number of nitrogens with two attached hydrogens (primary N) is 1. The molecule has 130 valence electrons. The summed E-state index contributed by atoms with van der Waals surface area (Å²) in [7, 11) is 5.96. The lowest BCUT2D eigenvalue weighted by atomic mass is 10.0. The molecule has 0 heterocycles. The van der Waals surface area contributed by atoms with Crippen molar-refractivity contribution in [2.75, 3.05) is 57.4 Å². The van der Waals surface area contributed by atoms with Crippen LogP contribution in [0.2, 0.25) is 0 Å². The fourth-order valence-electron chi connectivity index (χ4n) is 2.37. The second-order valence-electron chi connectivity index (χ2n) is 6.76. The molecule has 6 heteroatoms. The molecule has 0 saturated heterocycles. The van der Waals surface area contributed by atoms with Crippen molar-refractivity contribution in [1.82, 2.24) is 0 Å². The molecule has 0 aliphatic heterocycles. The van der Waals surface area contributed by atoms with Crippen LogP contribution < -0.4 is 10.6 Å². The average Bonchev–Trinajstić information content (AvgIpc) is 2.46. The Morgan fingerprint density at radius 2 is 1.65 bits per heavy atom. The third kappa shape index (κ3) is 7.53. The molecule has 0 aliphatic carbocycles. The van der Waals surface area contributed by atoms with Gasteiger partial charge in [0.1, 0.15) is 6.54 Å². The van der Waals surface area contributed by atoms with E-state index >= 15 is 0 Å². The summed E-state index contributed by atoms with van der Waals surface area (Å²) in [5.41, 5.74) is 8.19. The SMILES string of the molecule is C[N+](C)(C)CC(=O)C(N)Cc1ccc(N(CCCl)CCCl)cc1. The number of hydrogen-bond acceptors (Lipinski definition) is 3. The lowest BCUT2D eigenvalue weighted by Crippen LogP contribution is -2.46. The largest absolute Gasteiger partial charge is 0.369 e. The minimum absolute atomic E-state index is 0.0903. The minimum Gasteiger partial charge on any atom is -0.369 e. The van der Waals surface area contributed by atoms with Gasteiger partial charge < -0.3 is 15.1 Å². The van der Waals surface area contributed by atoms with Gasteiger partial charge in [-0.2, -0.15) is 0 Å². The molecule has 0 aliphatic rings. The summed E-state index contributed by atoms with van der Waals surface area (Å²) in [6, 6.07) is 7.64. The predicted octanol–water partition coefficient (Wildman–Crippen LogP) is 2.12. The molecule has 0 bridgehead atoms. The highest BCUT2D eigenvalue weighted by atomic mass is 35.5. The predicted molar refractivity (Wildman–Crippen MR) is 99.7 cm³/mol. The number of nitrogens with zero attached hydrogens (tertiary/aromatic N) is 2. The number of quaternary nitrogens is 1. The van der Waals surface area contributed by atoms with Gasteiger partial charge in [-0.3, -0.25) is 4.79 Å². The summed E-state index contributed by atoms with van der Waals surface area (Å²) in [6.45, 7) is 1.96. The first-order valence-electron chi connectivity index (χ1n) is 7.81. The fourth-order valence-corrected chi connectivity index (χ4v) is 2.78. The normalized spacial score (nSPS) is 13.0. The van der Waals surface area contributed by atoms with Crippen LogP contribution in [0, 0.1) is 0 Å². The molecule has 0 fully saturated rings. The number of benzene rings is 1. The van der Waals surface area contributed by atoms with Crippen molar-refractivity contribution in [2.45, 2.75) is 12.5 Å². The number of carbonyl (C=O) groups excluding carboxylic acids is 1. The van der Waals surface area contributed by atoms with Crippen molar-refractivity contribution in [1.29, 1.82) is 0 Å². The number of carbonyl (C=O) groups is 1. The van der Waals surface area contributed by atoms with Crippen LogP contribution in [0.1, 0.15) is 5.56 Å². The third-order valence-corrected chi connectivity index (χ3v) is 3.85. The van der Waals surface area contributed by atoms with Gasteiger partial charge in [-0.15, -0.1) is 23.2 Å². The van der Waals surface area contributed by atoms with Gasteiger partial charge in [-0.1, -0.05) is 12.1 Å². The molecule has 1 rings (SSSR count). The summed E-state index contributed by atoms with van der Waals surface area (Å²) < 4.78 is 0.595. The standard InChI is InChI=1S/C17H28Cl2N3O/c1-22(2,3)13-17(23)16(20)12-14-4-6-15(7-5-14)21(10-8-18)11-9-19/h4-7,16H,8-13,20H2,1-3H3/q+1. The average molecular weight is 361 g/mol. The minimum atomic E-state index is -0.458. The smallest absolute Gasteiger partial charge is 0.203 e. The van der Waals surface area contributed by atoms with E-state index in [1.54, 1.807) is 0 Å². The van der Waals surface area contributed by atoms with Crippen LogP contribution in [-0.2, 0) is 11.2 Å². The maximum absolute atomic E-state index is 12.1. The molecule has 0 saturated carbocycles. The van der Waals surface area contributed by atoms with Crippen LogP contribution in [0.4, 0.5) is 5.69 Å². The summed E-state index contributed by atoms with van der Waals surface area (Å²) in [4.78, 5) is 14.3. The highest BCUT2D eigenvalue weighted by molar-refractivity contribution is 6.18. The molecule has 2 N–H and O–H groups in total. The Bertz CT molecular complexity index is 480. The third-order valence-electron chi connectivity index (χ3n) is 3.51. The molecular weight excluding hydrogens is 333 g/mol. The first-order chi connectivity index (χ1) is 10.8. The molecule has 1 aromatic rings. The quantitative estimate of drug-likeness (QED) is 0.513. The van der Waals surface area contributed by atoms with Crippen LogP contribution in [0.5, 0.6) is 0 Å². The number of rotatable bonds is 10. The number of ketones is 1. The first-order valence-corrected chi connectivity index (χ1v) is 8.88. The molecule has 0 spiro atoms. The Hall–Kier alpha value is -0.810. The van der Waals surface area contributed by atoms with E-state index in [-0.39, 0.29) is 5.78 Å².